The molecule has 2 aromatic rings. The standard InChI is InChI=1S/C21H28FN3O/c1-15(2)25-14-16(18-5-3-4-6-19(18)25)13-24-11-9-21(22,10-12-24)20(26)23-17-7-8-17/h3-6,14-15,17H,7-13H2,1-2H3,(H,23,26). The molecule has 4 rings (SSSR count). The van der Waals surface area contributed by atoms with Crippen molar-refractivity contribution in [3.05, 3.63) is 36.0 Å². The molecule has 26 heavy (non-hydrogen) atoms. The number of fused-ring (bicyclic) bond motifs is 1. The van der Waals surface area contributed by atoms with Gasteiger partial charge in [-0.3, -0.25) is 9.69 Å². The molecule has 0 spiro atoms. The van der Waals surface area contributed by atoms with Crippen LogP contribution in [0.3, 0.4) is 0 Å². The Morgan fingerprint density at radius 3 is 2.62 bits per heavy atom. The van der Waals surface area contributed by atoms with Gasteiger partial charge in [-0.2, -0.15) is 0 Å². The number of piperidine rings is 1. The van der Waals surface area contributed by atoms with E-state index in [0.29, 0.717) is 19.1 Å². The lowest BCUT2D eigenvalue weighted by Crippen LogP contribution is -2.51. The van der Waals surface area contributed by atoms with Crippen molar-refractivity contribution < 1.29 is 9.18 Å². The van der Waals surface area contributed by atoms with Crippen molar-refractivity contribution in [2.75, 3.05) is 13.1 Å². The molecule has 1 N–H and O–H groups in total. The number of alkyl halides is 1. The molecule has 2 aliphatic rings. The van der Waals surface area contributed by atoms with Gasteiger partial charge in [0.05, 0.1) is 0 Å². The number of hydrogen-bond acceptors (Lipinski definition) is 2. The first-order valence-electron chi connectivity index (χ1n) is 9.77. The van der Waals surface area contributed by atoms with E-state index in [1.165, 1.54) is 16.5 Å². The minimum atomic E-state index is -1.69. The van der Waals surface area contributed by atoms with Gasteiger partial charge >= 0.3 is 0 Å². The van der Waals surface area contributed by atoms with Gasteiger partial charge in [-0.25, -0.2) is 4.39 Å². The number of likely N-dealkylation sites (tertiary alicyclic amines) is 1. The van der Waals surface area contributed by atoms with Crippen molar-refractivity contribution in [2.45, 2.75) is 63.8 Å². The topological polar surface area (TPSA) is 37.3 Å². The van der Waals surface area contributed by atoms with E-state index < -0.39 is 11.6 Å². The average Bonchev–Trinajstić information content (AvgIpc) is 3.37. The lowest BCUT2D eigenvalue weighted by molar-refractivity contribution is -0.136. The third kappa shape index (κ3) is 3.37. The second kappa shape index (κ2) is 6.69. The number of nitrogens with zero attached hydrogens (tertiary/aromatic N) is 2. The normalized spacial score (nSPS) is 20.6. The Hall–Kier alpha value is -1.88. The molecule has 0 unspecified atom stereocenters. The van der Waals surface area contributed by atoms with Crippen molar-refractivity contribution in [3.8, 4) is 0 Å². The van der Waals surface area contributed by atoms with E-state index in [2.05, 4.69) is 59.1 Å². The average molecular weight is 357 g/mol. The Bertz CT molecular complexity index is 801. The Kier molecular flexibility index (Phi) is 4.51. The fourth-order valence-corrected chi connectivity index (χ4v) is 3.91. The smallest absolute Gasteiger partial charge is 0.257 e. The van der Waals surface area contributed by atoms with Crippen molar-refractivity contribution in [1.82, 2.24) is 14.8 Å². The highest BCUT2D eigenvalue weighted by molar-refractivity contribution is 5.86. The molecule has 0 atom stereocenters. The molecular formula is C21H28FN3O. The summed E-state index contributed by atoms with van der Waals surface area (Å²) in [5.41, 5.74) is 0.839. The number of hydrogen-bond donors (Lipinski definition) is 1. The lowest BCUT2D eigenvalue weighted by Gasteiger charge is -2.35. The second-order valence-corrected chi connectivity index (χ2v) is 8.16. The predicted molar refractivity (Wildman–Crippen MR) is 102 cm³/mol. The Morgan fingerprint density at radius 2 is 1.96 bits per heavy atom. The van der Waals surface area contributed by atoms with Crippen molar-refractivity contribution in [2.24, 2.45) is 0 Å². The summed E-state index contributed by atoms with van der Waals surface area (Å²) in [6.45, 7) is 6.42. The van der Waals surface area contributed by atoms with Crippen molar-refractivity contribution in [1.29, 1.82) is 0 Å². The molecule has 1 aromatic carbocycles. The molecule has 1 aliphatic heterocycles. The van der Waals surface area contributed by atoms with Crippen LogP contribution in [-0.2, 0) is 11.3 Å². The largest absolute Gasteiger partial charge is 0.351 e. The fraction of sp³-hybridized carbons (Fsp3) is 0.571. The number of rotatable bonds is 5. The summed E-state index contributed by atoms with van der Waals surface area (Å²) in [5.74, 6) is -0.393. The Labute approximate surface area is 154 Å². The SMILES string of the molecule is CC(C)n1cc(CN2CCC(F)(C(=O)NC3CC3)CC2)c2ccccc21. The highest BCUT2D eigenvalue weighted by Gasteiger charge is 2.43. The molecule has 0 bridgehead atoms. The molecule has 1 aromatic heterocycles. The van der Waals surface area contributed by atoms with Crippen LogP contribution >= 0.6 is 0 Å². The summed E-state index contributed by atoms with van der Waals surface area (Å²) in [7, 11) is 0. The number of nitrogens with one attached hydrogen (secondary N) is 1. The summed E-state index contributed by atoms with van der Waals surface area (Å²) in [4.78, 5) is 14.5. The summed E-state index contributed by atoms with van der Waals surface area (Å²) in [6.07, 6.45) is 4.79. The summed E-state index contributed by atoms with van der Waals surface area (Å²) < 4.78 is 17.3. The maximum absolute atomic E-state index is 15.0. The van der Waals surface area contributed by atoms with Crippen LogP contribution < -0.4 is 5.32 Å². The molecular weight excluding hydrogens is 329 g/mol. The number of benzene rings is 1. The summed E-state index contributed by atoms with van der Waals surface area (Å²) in [5, 5.41) is 4.10. The molecule has 0 radical (unpaired) electrons. The van der Waals surface area contributed by atoms with E-state index in [-0.39, 0.29) is 18.9 Å². The van der Waals surface area contributed by atoms with E-state index in [4.69, 9.17) is 0 Å². The van der Waals surface area contributed by atoms with Gasteiger partial charge in [0.2, 0.25) is 0 Å². The van der Waals surface area contributed by atoms with Gasteiger partial charge in [0, 0.05) is 61.7 Å². The van der Waals surface area contributed by atoms with Gasteiger partial charge in [-0.05, 0) is 38.3 Å². The van der Waals surface area contributed by atoms with Crippen LogP contribution in [0, 0.1) is 0 Å². The highest BCUT2D eigenvalue weighted by atomic mass is 19.1. The highest BCUT2D eigenvalue weighted by Crippen LogP contribution is 2.31. The minimum absolute atomic E-state index is 0.218. The number of amides is 1. The van der Waals surface area contributed by atoms with E-state index in [1.54, 1.807) is 0 Å². The first-order valence-corrected chi connectivity index (χ1v) is 9.77. The van der Waals surface area contributed by atoms with Crippen LogP contribution in [0.2, 0.25) is 0 Å². The molecule has 1 saturated carbocycles. The number of carbonyl (C=O) groups is 1. The number of para-hydroxylation sites is 1. The van der Waals surface area contributed by atoms with Crippen molar-refractivity contribution in [3.63, 3.8) is 0 Å². The molecule has 2 fully saturated rings. The Morgan fingerprint density at radius 1 is 1.27 bits per heavy atom. The maximum atomic E-state index is 15.0. The molecule has 4 nitrogen and oxygen atoms in total. The molecule has 1 amide bonds. The molecule has 1 saturated heterocycles. The van der Waals surface area contributed by atoms with Crippen LogP contribution in [0.4, 0.5) is 4.39 Å². The predicted octanol–water partition coefficient (Wildman–Crippen LogP) is 3.80. The molecule has 1 aliphatic carbocycles. The zero-order valence-electron chi connectivity index (χ0n) is 15.7. The van der Waals surface area contributed by atoms with Gasteiger partial charge in [0.1, 0.15) is 0 Å². The minimum Gasteiger partial charge on any atom is -0.351 e. The van der Waals surface area contributed by atoms with E-state index in [1.807, 2.05) is 0 Å². The van der Waals surface area contributed by atoms with Gasteiger partial charge in [-0.1, -0.05) is 18.2 Å². The fourth-order valence-electron chi connectivity index (χ4n) is 3.91. The van der Waals surface area contributed by atoms with Crippen LogP contribution in [0.1, 0.15) is 51.1 Å². The maximum Gasteiger partial charge on any atom is 0.257 e. The van der Waals surface area contributed by atoms with E-state index in [0.717, 1.165) is 19.4 Å². The number of aromatic nitrogens is 1. The number of carbonyl (C=O) groups excluding carboxylic acids is 1. The van der Waals surface area contributed by atoms with Crippen LogP contribution in [0.5, 0.6) is 0 Å². The quantitative estimate of drug-likeness (QED) is 0.884. The van der Waals surface area contributed by atoms with Gasteiger partial charge in [0.25, 0.3) is 5.91 Å². The molecule has 5 heteroatoms. The molecule has 140 valence electrons. The van der Waals surface area contributed by atoms with Crippen LogP contribution in [0.25, 0.3) is 10.9 Å². The third-order valence-electron chi connectivity index (χ3n) is 5.74. The van der Waals surface area contributed by atoms with Crippen molar-refractivity contribution >= 4 is 16.8 Å². The van der Waals surface area contributed by atoms with E-state index in [9.17, 15) is 9.18 Å². The number of halogens is 1. The first kappa shape index (κ1) is 17.5. The van der Waals surface area contributed by atoms with Crippen LogP contribution in [-0.4, -0.2) is 40.2 Å². The first-order chi connectivity index (χ1) is 12.5. The van der Waals surface area contributed by atoms with Gasteiger partial charge in [-0.15, -0.1) is 0 Å². The summed E-state index contributed by atoms with van der Waals surface area (Å²) >= 11 is 0. The zero-order chi connectivity index (χ0) is 18.3. The second-order valence-electron chi connectivity index (χ2n) is 8.16. The third-order valence-corrected chi connectivity index (χ3v) is 5.74. The lowest BCUT2D eigenvalue weighted by atomic mass is 9.92. The van der Waals surface area contributed by atoms with Crippen LogP contribution in [0.15, 0.2) is 30.5 Å². The zero-order valence-corrected chi connectivity index (χ0v) is 15.7. The molecule has 2 heterocycles. The van der Waals surface area contributed by atoms with Gasteiger partial charge < -0.3 is 9.88 Å². The van der Waals surface area contributed by atoms with E-state index >= 15 is 0 Å². The van der Waals surface area contributed by atoms with Gasteiger partial charge in [0.15, 0.2) is 5.67 Å². The summed E-state index contributed by atoms with van der Waals surface area (Å²) in [6, 6.07) is 9.08. The Balaban J connectivity index is 1.44. The monoisotopic (exact) mass is 357 g/mol.